The summed E-state index contributed by atoms with van der Waals surface area (Å²) in [6.07, 6.45) is -1.12. The van der Waals surface area contributed by atoms with Crippen LogP contribution in [0.15, 0.2) is 4.79 Å². The third-order valence-electron chi connectivity index (χ3n) is 4.14. The molecular weight excluding hydrogens is 278 g/mol. The third kappa shape index (κ3) is 1.50. The van der Waals surface area contributed by atoms with Crippen molar-refractivity contribution < 1.29 is 19.8 Å². The maximum absolute atomic E-state index is 12.5. The van der Waals surface area contributed by atoms with Crippen molar-refractivity contribution in [3.05, 3.63) is 27.2 Å². The Hall–Kier alpha value is -2.35. The van der Waals surface area contributed by atoms with Gasteiger partial charge in [0.25, 0.3) is 5.91 Å². The lowest BCUT2D eigenvalue weighted by molar-refractivity contribution is 0.0607. The van der Waals surface area contributed by atoms with E-state index in [1.54, 1.807) is 18.9 Å². The molecule has 0 aliphatic carbocycles. The first-order valence-corrected chi connectivity index (χ1v) is 6.67. The van der Waals surface area contributed by atoms with Crippen LogP contribution in [-0.2, 0) is 0 Å². The number of hydrogen-bond donors (Lipinski definition) is 2. The molecule has 0 spiro atoms. The van der Waals surface area contributed by atoms with E-state index in [1.165, 1.54) is 9.58 Å². The monoisotopic (exact) mass is 293 g/mol. The quantitative estimate of drug-likeness (QED) is 0.690. The molecule has 8 nitrogen and oxygen atoms in total. The normalized spacial score (nSPS) is 23.5. The number of aromatic nitrogens is 1. The third-order valence-corrected chi connectivity index (χ3v) is 4.14. The lowest BCUT2D eigenvalue weighted by Crippen LogP contribution is -2.58. The van der Waals surface area contributed by atoms with Gasteiger partial charge in [0, 0.05) is 6.54 Å². The predicted octanol–water partition coefficient (Wildman–Crippen LogP) is -0.827. The molecule has 8 heteroatoms. The van der Waals surface area contributed by atoms with Gasteiger partial charge in [-0.3, -0.25) is 19.4 Å². The number of nitrogens with zero attached hydrogens (tertiary/aromatic N) is 3. The van der Waals surface area contributed by atoms with Gasteiger partial charge >= 0.3 is 0 Å². The van der Waals surface area contributed by atoms with E-state index in [2.05, 4.69) is 0 Å². The molecule has 0 radical (unpaired) electrons. The van der Waals surface area contributed by atoms with Crippen molar-refractivity contribution in [2.24, 2.45) is 0 Å². The van der Waals surface area contributed by atoms with Crippen LogP contribution in [0.4, 0.5) is 0 Å². The van der Waals surface area contributed by atoms with Crippen LogP contribution in [0.5, 0.6) is 5.75 Å². The van der Waals surface area contributed by atoms with Crippen molar-refractivity contribution in [3.8, 4) is 5.75 Å². The van der Waals surface area contributed by atoms with Crippen molar-refractivity contribution in [3.63, 3.8) is 0 Å². The van der Waals surface area contributed by atoms with Crippen LogP contribution < -0.4 is 10.4 Å². The Morgan fingerprint density at radius 2 is 2.05 bits per heavy atom. The largest absolute Gasteiger partial charge is 0.502 e. The molecule has 2 N–H and O–H groups in total. The number of carbonyl (C=O) groups is 2. The number of aldehydes is 1. The van der Waals surface area contributed by atoms with E-state index in [0.717, 1.165) is 0 Å². The summed E-state index contributed by atoms with van der Waals surface area (Å²) in [4.78, 5) is 37.1. The number of pyridine rings is 1. The first-order chi connectivity index (χ1) is 9.93. The number of hydrogen-bond acceptors (Lipinski definition) is 6. The summed E-state index contributed by atoms with van der Waals surface area (Å²) in [7, 11) is 0. The van der Waals surface area contributed by atoms with Gasteiger partial charge in [0.05, 0.1) is 17.8 Å². The minimum atomic E-state index is -1.07. The zero-order valence-electron chi connectivity index (χ0n) is 11.6. The lowest BCUT2D eigenvalue weighted by Gasteiger charge is -2.42. The van der Waals surface area contributed by atoms with Crippen molar-refractivity contribution in [1.29, 1.82) is 0 Å². The Labute approximate surface area is 119 Å². The zero-order chi connectivity index (χ0) is 15.5. The van der Waals surface area contributed by atoms with Crippen molar-refractivity contribution in [1.82, 2.24) is 9.58 Å². The predicted molar refractivity (Wildman–Crippen MR) is 72.0 cm³/mol. The van der Waals surface area contributed by atoms with Gasteiger partial charge in [-0.1, -0.05) is 0 Å². The van der Waals surface area contributed by atoms with Gasteiger partial charge in [-0.2, -0.15) is 0 Å². The van der Waals surface area contributed by atoms with E-state index in [1.807, 2.05) is 0 Å². The number of aromatic hydroxyl groups is 1. The van der Waals surface area contributed by atoms with Crippen molar-refractivity contribution >= 4 is 12.2 Å². The minimum Gasteiger partial charge on any atom is -0.502 e. The molecule has 0 saturated carbocycles. The molecule has 0 saturated heterocycles. The molecule has 21 heavy (non-hydrogen) atoms. The molecule has 1 amide bonds. The number of rotatable bonds is 2. The molecule has 0 bridgehead atoms. The minimum absolute atomic E-state index is 0.0683. The Kier molecular flexibility index (Phi) is 2.80. The molecule has 3 heterocycles. The first kappa shape index (κ1) is 13.6. The highest BCUT2D eigenvalue weighted by atomic mass is 16.3. The standard InChI is InChI=1S/C13H15N3O5/c1-3-14-6(2)15-4-8(18)9-7(5-17)11(19)12(20)10(13(14)21)16(9)15/h5-6,8,18,20H,3-4H2,1-2H3. The fourth-order valence-corrected chi connectivity index (χ4v) is 3.12. The summed E-state index contributed by atoms with van der Waals surface area (Å²) in [6, 6.07) is 0. The van der Waals surface area contributed by atoms with E-state index < -0.39 is 23.2 Å². The highest BCUT2D eigenvalue weighted by Crippen LogP contribution is 2.34. The fourth-order valence-electron chi connectivity index (χ4n) is 3.12. The van der Waals surface area contributed by atoms with Gasteiger partial charge in [-0.15, -0.1) is 0 Å². The summed E-state index contributed by atoms with van der Waals surface area (Å²) < 4.78 is 1.31. The maximum atomic E-state index is 12.5. The van der Waals surface area contributed by atoms with Crippen LogP contribution in [0, 0.1) is 0 Å². The molecule has 2 aliphatic rings. The summed E-state index contributed by atoms with van der Waals surface area (Å²) in [5, 5.41) is 21.8. The average molecular weight is 293 g/mol. The summed E-state index contributed by atoms with van der Waals surface area (Å²) in [5.41, 5.74) is -1.36. The second kappa shape index (κ2) is 4.32. The second-order valence-corrected chi connectivity index (χ2v) is 5.12. The van der Waals surface area contributed by atoms with E-state index >= 15 is 0 Å². The second-order valence-electron chi connectivity index (χ2n) is 5.12. The molecule has 2 unspecified atom stereocenters. The molecule has 3 rings (SSSR count). The van der Waals surface area contributed by atoms with Gasteiger partial charge in [0.15, 0.2) is 17.7 Å². The lowest BCUT2D eigenvalue weighted by atomic mass is 10.1. The van der Waals surface area contributed by atoms with E-state index in [4.69, 9.17) is 0 Å². The molecule has 2 atom stereocenters. The van der Waals surface area contributed by atoms with Gasteiger partial charge in [-0.05, 0) is 13.8 Å². The summed E-state index contributed by atoms with van der Waals surface area (Å²) in [6.45, 7) is 4.10. The Bertz CT molecular complexity index is 711. The van der Waals surface area contributed by atoms with Crippen molar-refractivity contribution in [2.75, 3.05) is 18.1 Å². The molecule has 1 aromatic rings. The van der Waals surface area contributed by atoms with Gasteiger partial charge in [0.2, 0.25) is 5.43 Å². The molecule has 112 valence electrons. The average Bonchev–Trinajstić information content (AvgIpc) is 2.78. The number of aliphatic hydroxyl groups is 1. The zero-order valence-corrected chi connectivity index (χ0v) is 11.6. The van der Waals surface area contributed by atoms with Crippen LogP contribution in [-0.4, -0.2) is 51.2 Å². The van der Waals surface area contributed by atoms with Gasteiger partial charge in [0.1, 0.15) is 12.3 Å². The molecular formula is C13H15N3O5. The molecule has 2 aliphatic heterocycles. The SMILES string of the molecule is CCN1C(=O)c2c(O)c(=O)c(C=O)c3n2N(CC3O)C1C. The van der Waals surface area contributed by atoms with Crippen LogP contribution in [0.25, 0.3) is 0 Å². The van der Waals surface area contributed by atoms with E-state index in [-0.39, 0.29) is 29.7 Å². The summed E-state index contributed by atoms with van der Waals surface area (Å²) in [5.74, 6) is -1.25. The highest BCUT2D eigenvalue weighted by molar-refractivity contribution is 5.97. The van der Waals surface area contributed by atoms with Crippen LogP contribution in [0.1, 0.15) is 46.5 Å². The fraction of sp³-hybridized carbons (Fsp3) is 0.462. The van der Waals surface area contributed by atoms with Crippen LogP contribution in [0.3, 0.4) is 0 Å². The highest BCUT2D eigenvalue weighted by Gasteiger charge is 2.45. The smallest absolute Gasteiger partial charge is 0.278 e. The first-order valence-electron chi connectivity index (χ1n) is 6.67. The maximum Gasteiger partial charge on any atom is 0.278 e. The van der Waals surface area contributed by atoms with Gasteiger partial charge in [-0.25, -0.2) is 4.68 Å². The Balaban J connectivity index is 2.42. The van der Waals surface area contributed by atoms with Crippen LogP contribution >= 0.6 is 0 Å². The molecule has 0 aromatic carbocycles. The molecule has 1 aromatic heterocycles. The summed E-state index contributed by atoms with van der Waals surface area (Å²) >= 11 is 0. The Morgan fingerprint density at radius 1 is 1.38 bits per heavy atom. The Morgan fingerprint density at radius 3 is 2.62 bits per heavy atom. The molecule has 0 fully saturated rings. The van der Waals surface area contributed by atoms with Crippen molar-refractivity contribution in [2.45, 2.75) is 26.1 Å². The number of carbonyl (C=O) groups excluding carboxylic acids is 2. The van der Waals surface area contributed by atoms with E-state index in [0.29, 0.717) is 12.8 Å². The van der Waals surface area contributed by atoms with E-state index in [9.17, 15) is 24.6 Å². The number of amides is 1. The topological polar surface area (TPSA) is 103 Å². The van der Waals surface area contributed by atoms with Gasteiger partial charge < -0.3 is 15.1 Å². The number of aliphatic hydroxyl groups excluding tert-OH is 1. The van der Waals surface area contributed by atoms with Crippen LogP contribution in [0.2, 0.25) is 0 Å².